The fourth-order valence-electron chi connectivity index (χ4n) is 1.58. The predicted octanol–water partition coefficient (Wildman–Crippen LogP) is 3.53. The van der Waals surface area contributed by atoms with Crippen LogP contribution in [-0.2, 0) is 0 Å². The van der Waals surface area contributed by atoms with E-state index in [4.69, 9.17) is 28.9 Å². The molecule has 2 rings (SSSR count). The van der Waals surface area contributed by atoms with Gasteiger partial charge in [0.1, 0.15) is 5.82 Å². The van der Waals surface area contributed by atoms with Crippen LogP contribution in [0.2, 0.25) is 10.0 Å². The summed E-state index contributed by atoms with van der Waals surface area (Å²) in [6.45, 7) is 1.81. The number of nitrogens with one attached hydrogen (secondary N) is 1. The van der Waals surface area contributed by atoms with Crippen LogP contribution in [0.1, 0.15) is 15.9 Å². The van der Waals surface area contributed by atoms with Crippen molar-refractivity contribution in [1.82, 2.24) is 4.98 Å². The van der Waals surface area contributed by atoms with Crippen LogP contribution < -0.4 is 11.1 Å². The van der Waals surface area contributed by atoms with E-state index >= 15 is 0 Å². The van der Waals surface area contributed by atoms with Gasteiger partial charge in [0.05, 0.1) is 22.5 Å². The van der Waals surface area contributed by atoms with Crippen molar-refractivity contribution in [2.75, 3.05) is 11.1 Å². The first-order valence-corrected chi connectivity index (χ1v) is 6.21. The van der Waals surface area contributed by atoms with E-state index in [-0.39, 0.29) is 10.9 Å². The van der Waals surface area contributed by atoms with Gasteiger partial charge in [-0.1, -0.05) is 23.2 Å². The molecule has 0 aliphatic carbocycles. The smallest absolute Gasteiger partial charge is 0.258 e. The molecule has 0 saturated carbocycles. The van der Waals surface area contributed by atoms with Gasteiger partial charge < -0.3 is 11.1 Å². The van der Waals surface area contributed by atoms with Crippen molar-refractivity contribution in [3.05, 3.63) is 51.6 Å². The molecule has 0 aliphatic rings. The first kappa shape index (κ1) is 13.6. The van der Waals surface area contributed by atoms with E-state index < -0.39 is 0 Å². The highest BCUT2D eigenvalue weighted by Crippen LogP contribution is 2.22. The Kier molecular flexibility index (Phi) is 3.93. The van der Waals surface area contributed by atoms with E-state index in [1.54, 1.807) is 18.2 Å². The number of carbonyl (C=O) groups excluding carboxylic acids is 1. The second-order valence-electron chi connectivity index (χ2n) is 4.01. The largest absolute Gasteiger partial charge is 0.397 e. The summed E-state index contributed by atoms with van der Waals surface area (Å²) in [6, 6.07) is 6.41. The average Bonchev–Trinajstić information content (AvgIpc) is 2.32. The highest BCUT2D eigenvalue weighted by atomic mass is 35.5. The van der Waals surface area contributed by atoms with Gasteiger partial charge in [0, 0.05) is 5.02 Å². The number of halogens is 2. The highest BCUT2D eigenvalue weighted by Gasteiger charge is 2.12. The molecule has 3 N–H and O–H groups in total. The van der Waals surface area contributed by atoms with Gasteiger partial charge in [-0.25, -0.2) is 4.98 Å². The Morgan fingerprint density at radius 2 is 2.05 bits per heavy atom. The Bertz CT molecular complexity index is 644. The normalized spacial score (nSPS) is 10.3. The standard InChI is InChI=1S/C13H11Cl2N3O/c1-7-4-9(16)6-17-12(7)18-13(19)10-3-2-8(14)5-11(10)15/h2-6H,16H2,1H3,(H,17,18,19). The van der Waals surface area contributed by atoms with Crippen molar-refractivity contribution >= 4 is 40.6 Å². The number of amides is 1. The summed E-state index contributed by atoms with van der Waals surface area (Å²) < 4.78 is 0. The minimum Gasteiger partial charge on any atom is -0.397 e. The Hall–Kier alpha value is -1.78. The molecular formula is C13H11Cl2N3O. The van der Waals surface area contributed by atoms with Crippen LogP contribution >= 0.6 is 23.2 Å². The molecular weight excluding hydrogens is 285 g/mol. The molecule has 0 spiro atoms. The summed E-state index contributed by atoms with van der Waals surface area (Å²) in [5.74, 6) is 0.104. The number of aryl methyl sites for hydroxylation is 1. The van der Waals surface area contributed by atoms with Gasteiger partial charge in [-0.3, -0.25) is 4.79 Å². The first-order valence-electron chi connectivity index (χ1n) is 5.46. The van der Waals surface area contributed by atoms with E-state index in [1.165, 1.54) is 12.3 Å². The summed E-state index contributed by atoms with van der Waals surface area (Å²) >= 11 is 11.8. The maximum Gasteiger partial charge on any atom is 0.258 e. The second-order valence-corrected chi connectivity index (χ2v) is 4.86. The van der Waals surface area contributed by atoms with Gasteiger partial charge in [0.15, 0.2) is 0 Å². The molecule has 98 valence electrons. The highest BCUT2D eigenvalue weighted by molar-refractivity contribution is 6.37. The van der Waals surface area contributed by atoms with E-state index in [0.29, 0.717) is 22.1 Å². The number of hydrogen-bond acceptors (Lipinski definition) is 3. The quantitative estimate of drug-likeness (QED) is 0.890. The summed E-state index contributed by atoms with van der Waals surface area (Å²) in [6.07, 6.45) is 1.48. The predicted molar refractivity (Wildman–Crippen MR) is 77.8 cm³/mol. The van der Waals surface area contributed by atoms with Crippen LogP contribution in [0.3, 0.4) is 0 Å². The molecule has 6 heteroatoms. The van der Waals surface area contributed by atoms with Crippen LogP contribution in [-0.4, -0.2) is 10.9 Å². The zero-order valence-corrected chi connectivity index (χ0v) is 11.6. The molecule has 0 unspecified atom stereocenters. The molecule has 0 radical (unpaired) electrons. The molecule has 2 aromatic rings. The number of nitrogens with two attached hydrogens (primary N) is 1. The third kappa shape index (κ3) is 3.16. The number of rotatable bonds is 2. The molecule has 1 aromatic carbocycles. The number of anilines is 2. The lowest BCUT2D eigenvalue weighted by molar-refractivity contribution is 0.102. The summed E-state index contributed by atoms with van der Waals surface area (Å²) in [7, 11) is 0. The van der Waals surface area contributed by atoms with Gasteiger partial charge in [-0.2, -0.15) is 0 Å². The summed E-state index contributed by atoms with van der Waals surface area (Å²) in [4.78, 5) is 16.1. The summed E-state index contributed by atoms with van der Waals surface area (Å²) in [5.41, 5.74) is 7.25. The molecule has 0 aliphatic heterocycles. The molecule has 0 fully saturated rings. The maximum absolute atomic E-state index is 12.1. The first-order chi connectivity index (χ1) is 8.97. The number of benzene rings is 1. The summed E-state index contributed by atoms with van der Waals surface area (Å²) in [5, 5.41) is 3.45. The number of nitrogens with zero attached hydrogens (tertiary/aromatic N) is 1. The second kappa shape index (κ2) is 5.47. The van der Waals surface area contributed by atoms with E-state index in [2.05, 4.69) is 10.3 Å². The third-order valence-corrected chi connectivity index (χ3v) is 3.05. The third-order valence-electron chi connectivity index (χ3n) is 2.51. The van der Waals surface area contributed by atoms with Crippen LogP contribution in [0.4, 0.5) is 11.5 Å². The molecule has 4 nitrogen and oxygen atoms in total. The number of carbonyl (C=O) groups is 1. The van der Waals surface area contributed by atoms with Gasteiger partial charge >= 0.3 is 0 Å². The number of aromatic nitrogens is 1. The van der Waals surface area contributed by atoms with Crippen LogP contribution in [0, 0.1) is 6.92 Å². The topological polar surface area (TPSA) is 68.0 Å². The van der Waals surface area contributed by atoms with E-state index in [1.807, 2.05) is 6.92 Å². The SMILES string of the molecule is Cc1cc(N)cnc1NC(=O)c1ccc(Cl)cc1Cl. The lowest BCUT2D eigenvalue weighted by Crippen LogP contribution is -2.14. The number of pyridine rings is 1. The van der Waals surface area contributed by atoms with Crippen molar-refractivity contribution in [3.8, 4) is 0 Å². The monoisotopic (exact) mass is 295 g/mol. The minimum absolute atomic E-state index is 0.290. The van der Waals surface area contributed by atoms with Crippen LogP contribution in [0.15, 0.2) is 30.5 Å². The van der Waals surface area contributed by atoms with Crippen molar-refractivity contribution in [2.45, 2.75) is 6.92 Å². The molecule has 1 heterocycles. The van der Waals surface area contributed by atoms with Crippen LogP contribution in [0.25, 0.3) is 0 Å². The Morgan fingerprint density at radius 3 is 2.68 bits per heavy atom. The lowest BCUT2D eigenvalue weighted by atomic mass is 10.2. The fourth-order valence-corrected chi connectivity index (χ4v) is 2.07. The fraction of sp³-hybridized carbons (Fsp3) is 0.0769. The molecule has 0 bridgehead atoms. The molecule has 19 heavy (non-hydrogen) atoms. The zero-order chi connectivity index (χ0) is 14.0. The van der Waals surface area contributed by atoms with Crippen molar-refractivity contribution in [2.24, 2.45) is 0 Å². The van der Waals surface area contributed by atoms with E-state index in [9.17, 15) is 4.79 Å². The maximum atomic E-state index is 12.1. The van der Waals surface area contributed by atoms with Crippen molar-refractivity contribution in [3.63, 3.8) is 0 Å². The van der Waals surface area contributed by atoms with Gasteiger partial charge in [-0.15, -0.1) is 0 Å². The van der Waals surface area contributed by atoms with Gasteiger partial charge in [-0.05, 0) is 36.8 Å². The van der Waals surface area contributed by atoms with Crippen LogP contribution in [0.5, 0.6) is 0 Å². The average molecular weight is 296 g/mol. The Balaban J connectivity index is 2.25. The zero-order valence-electron chi connectivity index (χ0n) is 10.1. The Morgan fingerprint density at radius 1 is 1.32 bits per heavy atom. The molecule has 0 saturated heterocycles. The lowest BCUT2D eigenvalue weighted by Gasteiger charge is -2.09. The van der Waals surface area contributed by atoms with Crippen molar-refractivity contribution in [1.29, 1.82) is 0 Å². The minimum atomic E-state index is -0.345. The van der Waals surface area contributed by atoms with E-state index in [0.717, 1.165) is 5.56 Å². The van der Waals surface area contributed by atoms with Gasteiger partial charge in [0.2, 0.25) is 0 Å². The van der Waals surface area contributed by atoms with Gasteiger partial charge in [0.25, 0.3) is 5.91 Å². The number of hydrogen-bond donors (Lipinski definition) is 2. The molecule has 0 atom stereocenters. The Labute approximate surface area is 120 Å². The van der Waals surface area contributed by atoms with Crippen molar-refractivity contribution < 1.29 is 4.79 Å². The molecule has 1 amide bonds. The molecule has 1 aromatic heterocycles. The number of nitrogen functional groups attached to an aromatic ring is 1.